The maximum absolute atomic E-state index is 11.6. The second kappa shape index (κ2) is 7.70. The van der Waals surface area contributed by atoms with Crippen molar-refractivity contribution in [1.82, 2.24) is 10.6 Å². The van der Waals surface area contributed by atoms with Gasteiger partial charge in [0.15, 0.2) is 0 Å². The topological polar surface area (TPSA) is 107 Å². The third-order valence-corrected chi connectivity index (χ3v) is 2.17. The summed E-state index contributed by atoms with van der Waals surface area (Å²) in [6.07, 6.45) is 0.580. The molecule has 2 N–H and O–H groups in total. The second-order valence-corrected chi connectivity index (χ2v) is 3.41. The lowest BCUT2D eigenvalue weighted by molar-refractivity contribution is -0.109. The third-order valence-electron chi connectivity index (χ3n) is 2.17. The second-order valence-electron chi connectivity index (χ2n) is 3.41. The Morgan fingerprint density at radius 3 is 2.67 bits per heavy atom. The molecule has 0 aliphatic rings. The smallest absolute Gasteiger partial charge is 0.251 e. The average molecular weight is 247 g/mol. The van der Waals surface area contributed by atoms with Crippen molar-refractivity contribution in [3.63, 3.8) is 0 Å². The highest BCUT2D eigenvalue weighted by Crippen LogP contribution is 2.05. The molecule has 94 valence electrons. The van der Waals surface area contributed by atoms with E-state index in [1.165, 1.54) is 0 Å². The van der Waals surface area contributed by atoms with E-state index in [2.05, 4.69) is 20.7 Å². The molecule has 1 aromatic rings. The molecule has 0 fully saturated rings. The molecule has 0 aromatic heterocycles. The molecule has 0 spiro atoms. The number of carbonyl (C=O) groups excluding carboxylic acids is 2. The molecule has 0 aliphatic carbocycles. The zero-order valence-electron chi connectivity index (χ0n) is 9.67. The first kappa shape index (κ1) is 13.5. The van der Waals surface area contributed by atoms with Crippen LogP contribution in [0.5, 0.6) is 0 Å². The van der Waals surface area contributed by atoms with Gasteiger partial charge < -0.3 is 10.6 Å². The Balaban J connectivity index is 2.48. The molecule has 0 bridgehead atoms. The van der Waals surface area contributed by atoms with E-state index in [4.69, 9.17) is 5.53 Å². The molecule has 18 heavy (non-hydrogen) atoms. The van der Waals surface area contributed by atoms with E-state index in [9.17, 15) is 9.59 Å². The van der Waals surface area contributed by atoms with Crippen molar-refractivity contribution >= 4 is 12.3 Å². The molecular formula is C11H13N5O2. The molecular weight excluding hydrogens is 234 g/mol. The summed E-state index contributed by atoms with van der Waals surface area (Å²) in [4.78, 5) is 24.3. The highest BCUT2D eigenvalue weighted by Gasteiger charge is 2.03. The maximum atomic E-state index is 11.6. The van der Waals surface area contributed by atoms with Gasteiger partial charge in [0.1, 0.15) is 0 Å². The van der Waals surface area contributed by atoms with Gasteiger partial charge in [0, 0.05) is 23.6 Å². The Hall–Kier alpha value is -2.53. The fourth-order valence-corrected chi connectivity index (χ4v) is 1.28. The minimum Gasteiger partial charge on any atom is -0.357 e. The lowest BCUT2D eigenvalue weighted by atomic mass is 10.1. The minimum absolute atomic E-state index is 0.210. The summed E-state index contributed by atoms with van der Waals surface area (Å²) in [5.41, 5.74) is 9.53. The zero-order valence-corrected chi connectivity index (χ0v) is 9.67. The molecule has 0 unspecified atom stereocenters. The molecule has 0 saturated heterocycles. The van der Waals surface area contributed by atoms with Crippen LogP contribution in [0.25, 0.3) is 10.4 Å². The molecule has 0 heterocycles. The van der Waals surface area contributed by atoms with Crippen LogP contribution in [0.15, 0.2) is 29.4 Å². The number of nitrogens with one attached hydrogen (secondary N) is 2. The van der Waals surface area contributed by atoms with Crippen LogP contribution in [0, 0.1) is 0 Å². The van der Waals surface area contributed by atoms with Crippen LogP contribution in [0.1, 0.15) is 15.9 Å². The predicted molar refractivity (Wildman–Crippen MR) is 65.7 cm³/mol. The molecule has 1 rings (SSSR count). The lowest BCUT2D eigenvalue weighted by Crippen LogP contribution is -2.31. The first-order chi connectivity index (χ1) is 8.77. The van der Waals surface area contributed by atoms with E-state index in [0.717, 1.165) is 5.56 Å². The molecule has 7 nitrogen and oxygen atoms in total. The van der Waals surface area contributed by atoms with Crippen molar-refractivity contribution < 1.29 is 9.59 Å². The number of hydrogen-bond acceptors (Lipinski definition) is 3. The van der Waals surface area contributed by atoms with Gasteiger partial charge >= 0.3 is 0 Å². The summed E-state index contributed by atoms with van der Waals surface area (Å²) >= 11 is 0. The average Bonchev–Trinajstić information content (AvgIpc) is 2.41. The summed E-state index contributed by atoms with van der Waals surface area (Å²) < 4.78 is 0. The van der Waals surface area contributed by atoms with Crippen LogP contribution < -0.4 is 10.6 Å². The number of hydrogen-bond donors (Lipinski definition) is 2. The number of amides is 2. The lowest BCUT2D eigenvalue weighted by Gasteiger charge is -2.05. The number of nitrogens with zero attached hydrogens (tertiary/aromatic N) is 3. The fraction of sp³-hybridized carbons (Fsp3) is 0.273. The standard InChI is InChI=1S/C11H13N5O2/c12-16-15-7-9-1-3-10(4-2-9)11(18)14-6-5-13-8-17/h1-4,8H,5-7H2,(H,13,17)(H,14,18). The van der Waals surface area contributed by atoms with E-state index < -0.39 is 0 Å². The van der Waals surface area contributed by atoms with Gasteiger partial charge in [0.05, 0.1) is 6.54 Å². The fourth-order valence-electron chi connectivity index (χ4n) is 1.28. The third kappa shape index (κ3) is 4.54. The quantitative estimate of drug-likeness (QED) is 0.246. The molecule has 7 heteroatoms. The minimum atomic E-state index is -0.210. The van der Waals surface area contributed by atoms with Gasteiger partial charge in [-0.2, -0.15) is 0 Å². The Bertz CT molecular complexity index is 451. The summed E-state index contributed by atoms with van der Waals surface area (Å²) in [6, 6.07) is 6.77. The summed E-state index contributed by atoms with van der Waals surface area (Å²) in [5, 5.41) is 8.53. The number of carbonyl (C=O) groups is 2. The van der Waals surface area contributed by atoms with Crippen molar-refractivity contribution in [3.05, 3.63) is 45.8 Å². The van der Waals surface area contributed by atoms with E-state index in [-0.39, 0.29) is 12.5 Å². The largest absolute Gasteiger partial charge is 0.357 e. The van der Waals surface area contributed by atoms with E-state index >= 15 is 0 Å². The Morgan fingerprint density at radius 2 is 2.06 bits per heavy atom. The monoisotopic (exact) mass is 247 g/mol. The van der Waals surface area contributed by atoms with Crippen LogP contribution in [0.4, 0.5) is 0 Å². The van der Waals surface area contributed by atoms with Crippen molar-refractivity contribution in [2.45, 2.75) is 6.54 Å². The van der Waals surface area contributed by atoms with Crippen LogP contribution in [-0.2, 0) is 11.3 Å². The van der Waals surface area contributed by atoms with Gasteiger partial charge in [0.2, 0.25) is 6.41 Å². The van der Waals surface area contributed by atoms with Gasteiger partial charge in [0.25, 0.3) is 5.91 Å². The number of benzene rings is 1. The highest BCUT2D eigenvalue weighted by atomic mass is 16.1. The van der Waals surface area contributed by atoms with Crippen molar-refractivity contribution in [3.8, 4) is 0 Å². The maximum Gasteiger partial charge on any atom is 0.251 e. The molecule has 0 atom stereocenters. The van der Waals surface area contributed by atoms with Gasteiger partial charge in [-0.05, 0) is 23.2 Å². The van der Waals surface area contributed by atoms with Crippen molar-refractivity contribution in [2.75, 3.05) is 13.1 Å². The van der Waals surface area contributed by atoms with Gasteiger partial charge in [-0.25, -0.2) is 0 Å². The highest BCUT2D eigenvalue weighted by molar-refractivity contribution is 5.94. The molecule has 0 radical (unpaired) electrons. The van der Waals surface area contributed by atoms with Crippen LogP contribution >= 0.6 is 0 Å². The first-order valence-electron chi connectivity index (χ1n) is 5.33. The van der Waals surface area contributed by atoms with Crippen LogP contribution in [-0.4, -0.2) is 25.4 Å². The predicted octanol–water partition coefficient (Wildman–Crippen LogP) is 0.973. The molecule has 0 aliphatic heterocycles. The Labute approximate surface area is 104 Å². The van der Waals surface area contributed by atoms with Gasteiger partial charge in [-0.3, -0.25) is 9.59 Å². The number of azide groups is 1. The Kier molecular flexibility index (Phi) is 5.79. The van der Waals surface area contributed by atoms with E-state index in [1.807, 2.05) is 0 Å². The summed E-state index contributed by atoms with van der Waals surface area (Å²) in [6.45, 7) is 1.03. The van der Waals surface area contributed by atoms with Crippen LogP contribution in [0.2, 0.25) is 0 Å². The zero-order chi connectivity index (χ0) is 13.2. The van der Waals surface area contributed by atoms with Gasteiger partial charge in [-0.1, -0.05) is 17.2 Å². The van der Waals surface area contributed by atoms with Crippen molar-refractivity contribution in [1.29, 1.82) is 0 Å². The first-order valence-corrected chi connectivity index (χ1v) is 5.33. The van der Waals surface area contributed by atoms with Crippen molar-refractivity contribution in [2.24, 2.45) is 5.11 Å². The van der Waals surface area contributed by atoms with E-state index in [0.29, 0.717) is 25.1 Å². The number of rotatable bonds is 7. The van der Waals surface area contributed by atoms with Crippen LogP contribution in [0.3, 0.4) is 0 Å². The van der Waals surface area contributed by atoms with Gasteiger partial charge in [-0.15, -0.1) is 0 Å². The molecule has 0 saturated carbocycles. The summed E-state index contributed by atoms with van der Waals surface area (Å²) in [5.74, 6) is -0.210. The SMILES string of the molecule is [N-]=[N+]=NCc1ccc(C(=O)NCCNC=O)cc1. The molecule has 1 aromatic carbocycles. The Morgan fingerprint density at radius 1 is 1.33 bits per heavy atom. The molecule has 2 amide bonds. The van der Waals surface area contributed by atoms with E-state index in [1.54, 1.807) is 24.3 Å². The summed E-state index contributed by atoms with van der Waals surface area (Å²) in [7, 11) is 0. The normalized spacial score (nSPS) is 9.11.